The first-order valence-corrected chi connectivity index (χ1v) is 9.55. The second kappa shape index (κ2) is 6.88. The van der Waals surface area contributed by atoms with Crippen molar-refractivity contribution in [2.45, 2.75) is 0 Å². The van der Waals surface area contributed by atoms with Crippen LogP contribution in [0.3, 0.4) is 0 Å². The van der Waals surface area contributed by atoms with Gasteiger partial charge in [0.25, 0.3) is 0 Å². The van der Waals surface area contributed by atoms with Crippen LogP contribution in [-0.4, -0.2) is 15.8 Å². The molecule has 0 radical (unpaired) electrons. The monoisotopic (exact) mass is 382 g/mol. The number of thiophene rings is 1. The Morgan fingerprint density at radius 2 is 1.88 bits per heavy atom. The Kier molecular flexibility index (Phi) is 4.44. The highest BCUT2D eigenvalue weighted by molar-refractivity contribution is 7.22. The second-order valence-electron chi connectivity index (χ2n) is 5.25. The van der Waals surface area contributed by atoms with Crippen LogP contribution in [0.15, 0.2) is 66.3 Å². The number of hydrogen-bond acceptors (Lipinski definition) is 5. The van der Waals surface area contributed by atoms with Crippen LogP contribution in [0.2, 0.25) is 5.02 Å². The Balaban J connectivity index is 1.86. The normalized spacial score (nSPS) is 10.8. The molecule has 3 aromatic heterocycles. The second-order valence-corrected chi connectivity index (χ2v) is 7.63. The molecule has 0 aliphatic heterocycles. The fourth-order valence-electron chi connectivity index (χ4n) is 2.41. The van der Waals surface area contributed by atoms with Crippen LogP contribution in [0.25, 0.3) is 21.1 Å². The standard InChI is InChI=1S/C19H11ClN2OS2/c20-14-7-5-12(6-8-14)16-18(17(23)13-3-1-9-21-11-13)25-19(22-16)15-4-2-10-24-15/h1-11H. The number of hydrogen-bond donors (Lipinski definition) is 0. The third kappa shape index (κ3) is 3.26. The fourth-order valence-corrected chi connectivity index (χ4v) is 4.38. The van der Waals surface area contributed by atoms with Gasteiger partial charge in [0, 0.05) is 28.5 Å². The molecule has 0 fully saturated rings. The highest BCUT2D eigenvalue weighted by Crippen LogP contribution is 2.37. The topological polar surface area (TPSA) is 42.9 Å². The summed E-state index contributed by atoms with van der Waals surface area (Å²) in [5.41, 5.74) is 2.11. The zero-order chi connectivity index (χ0) is 17.2. The van der Waals surface area contributed by atoms with Crippen LogP contribution in [0.5, 0.6) is 0 Å². The van der Waals surface area contributed by atoms with E-state index < -0.39 is 0 Å². The number of carbonyl (C=O) groups excluding carboxylic acids is 1. The minimum atomic E-state index is -0.0710. The van der Waals surface area contributed by atoms with Gasteiger partial charge < -0.3 is 0 Å². The van der Waals surface area contributed by atoms with Crippen LogP contribution in [0, 0.1) is 0 Å². The molecule has 3 heterocycles. The number of rotatable bonds is 4. The van der Waals surface area contributed by atoms with Crippen LogP contribution in [0.4, 0.5) is 0 Å². The van der Waals surface area contributed by atoms with Crippen molar-refractivity contribution < 1.29 is 4.79 Å². The van der Waals surface area contributed by atoms with Gasteiger partial charge in [-0.3, -0.25) is 9.78 Å². The number of halogens is 1. The van der Waals surface area contributed by atoms with Crippen molar-refractivity contribution in [3.05, 3.63) is 81.8 Å². The highest BCUT2D eigenvalue weighted by Gasteiger charge is 2.22. The average molecular weight is 383 g/mol. The number of nitrogens with zero attached hydrogens (tertiary/aromatic N) is 2. The maximum Gasteiger partial charge on any atom is 0.206 e. The zero-order valence-corrected chi connectivity index (χ0v) is 15.2. The van der Waals surface area contributed by atoms with Gasteiger partial charge in [-0.15, -0.1) is 22.7 Å². The molecule has 0 saturated carbocycles. The van der Waals surface area contributed by atoms with Gasteiger partial charge in [-0.25, -0.2) is 4.98 Å². The van der Waals surface area contributed by atoms with E-state index in [1.807, 2.05) is 29.6 Å². The first kappa shape index (κ1) is 16.1. The van der Waals surface area contributed by atoms with Crippen molar-refractivity contribution in [2.24, 2.45) is 0 Å². The van der Waals surface area contributed by atoms with E-state index in [1.165, 1.54) is 11.3 Å². The summed E-state index contributed by atoms with van der Waals surface area (Å²) in [4.78, 5) is 23.4. The molecule has 25 heavy (non-hydrogen) atoms. The first-order chi connectivity index (χ1) is 12.2. The molecule has 0 aliphatic rings. The van der Waals surface area contributed by atoms with Gasteiger partial charge in [0.2, 0.25) is 5.78 Å². The molecule has 0 unspecified atom stereocenters. The molecule has 4 aromatic rings. The number of pyridine rings is 1. The largest absolute Gasteiger partial charge is 0.288 e. The average Bonchev–Trinajstić information content (AvgIpc) is 3.32. The number of thiazole rings is 1. The van der Waals surface area contributed by atoms with Gasteiger partial charge in [-0.2, -0.15) is 0 Å². The Bertz CT molecular complexity index is 1010. The summed E-state index contributed by atoms with van der Waals surface area (Å²) in [5.74, 6) is -0.0710. The summed E-state index contributed by atoms with van der Waals surface area (Å²) in [6.45, 7) is 0. The number of ketones is 1. The maximum absolute atomic E-state index is 13.0. The minimum absolute atomic E-state index is 0.0710. The predicted octanol–water partition coefficient (Wildman–Crippen LogP) is 5.82. The lowest BCUT2D eigenvalue weighted by Crippen LogP contribution is -2.01. The number of carbonyl (C=O) groups is 1. The summed E-state index contributed by atoms with van der Waals surface area (Å²) >= 11 is 9.01. The fraction of sp³-hybridized carbons (Fsp3) is 0. The van der Waals surface area contributed by atoms with Crippen LogP contribution >= 0.6 is 34.3 Å². The smallest absolute Gasteiger partial charge is 0.206 e. The van der Waals surface area contributed by atoms with Crippen molar-refractivity contribution in [3.63, 3.8) is 0 Å². The predicted molar refractivity (Wildman–Crippen MR) is 104 cm³/mol. The lowest BCUT2D eigenvalue weighted by molar-refractivity contribution is 0.104. The molecule has 0 spiro atoms. The molecule has 0 saturated heterocycles. The molecule has 0 bridgehead atoms. The van der Waals surface area contributed by atoms with Gasteiger partial charge >= 0.3 is 0 Å². The van der Waals surface area contributed by atoms with Gasteiger partial charge in [-0.05, 0) is 35.7 Å². The van der Waals surface area contributed by atoms with Crippen LogP contribution in [0.1, 0.15) is 15.2 Å². The zero-order valence-electron chi connectivity index (χ0n) is 12.8. The molecule has 6 heteroatoms. The van der Waals surface area contributed by atoms with Crippen LogP contribution < -0.4 is 0 Å². The van der Waals surface area contributed by atoms with E-state index in [2.05, 4.69) is 4.98 Å². The molecule has 0 amide bonds. The van der Waals surface area contributed by atoms with Gasteiger partial charge in [0.05, 0.1) is 10.6 Å². The maximum atomic E-state index is 13.0. The SMILES string of the molecule is O=C(c1cccnc1)c1sc(-c2cccs2)nc1-c1ccc(Cl)cc1. The van der Waals surface area contributed by atoms with E-state index in [9.17, 15) is 4.79 Å². The summed E-state index contributed by atoms with van der Waals surface area (Å²) in [6.07, 6.45) is 3.24. The molecular weight excluding hydrogens is 372 g/mol. The Labute approximate surface area is 157 Å². The van der Waals surface area contributed by atoms with Crippen molar-refractivity contribution in [1.29, 1.82) is 0 Å². The van der Waals surface area contributed by atoms with E-state index >= 15 is 0 Å². The molecule has 4 rings (SSSR count). The number of benzene rings is 1. The summed E-state index contributed by atoms with van der Waals surface area (Å²) in [6, 6.07) is 14.9. The summed E-state index contributed by atoms with van der Waals surface area (Å²) in [5, 5.41) is 3.49. The lowest BCUT2D eigenvalue weighted by atomic mass is 10.1. The Morgan fingerprint density at radius 3 is 2.56 bits per heavy atom. The van der Waals surface area contributed by atoms with Gasteiger partial charge in [0.1, 0.15) is 9.88 Å². The molecule has 1 aromatic carbocycles. The van der Waals surface area contributed by atoms with Crippen molar-refractivity contribution in [2.75, 3.05) is 0 Å². The van der Waals surface area contributed by atoms with Crippen molar-refractivity contribution in [3.8, 4) is 21.1 Å². The minimum Gasteiger partial charge on any atom is -0.288 e. The van der Waals surface area contributed by atoms with E-state index in [1.54, 1.807) is 48.0 Å². The third-order valence-electron chi connectivity index (χ3n) is 3.61. The highest BCUT2D eigenvalue weighted by atomic mass is 35.5. The van der Waals surface area contributed by atoms with E-state index in [0.717, 1.165) is 15.4 Å². The van der Waals surface area contributed by atoms with E-state index in [-0.39, 0.29) is 5.78 Å². The van der Waals surface area contributed by atoms with Crippen LogP contribution in [-0.2, 0) is 0 Å². The Morgan fingerprint density at radius 1 is 1.04 bits per heavy atom. The third-order valence-corrected chi connectivity index (χ3v) is 5.95. The number of aromatic nitrogens is 2. The lowest BCUT2D eigenvalue weighted by Gasteiger charge is -2.02. The molecule has 0 N–H and O–H groups in total. The summed E-state index contributed by atoms with van der Waals surface area (Å²) < 4.78 is 0. The first-order valence-electron chi connectivity index (χ1n) is 7.48. The molecule has 122 valence electrons. The molecule has 0 aliphatic carbocycles. The van der Waals surface area contributed by atoms with E-state index in [0.29, 0.717) is 21.2 Å². The summed E-state index contributed by atoms with van der Waals surface area (Å²) in [7, 11) is 0. The quantitative estimate of drug-likeness (QED) is 0.418. The van der Waals surface area contributed by atoms with Gasteiger partial charge in [-0.1, -0.05) is 29.8 Å². The van der Waals surface area contributed by atoms with Crippen molar-refractivity contribution in [1.82, 2.24) is 9.97 Å². The van der Waals surface area contributed by atoms with Crippen molar-refractivity contribution >= 4 is 40.1 Å². The molecule has 0 atom stereocenters. The molecular formula is C19H11ClN2OS2. The van der Waals surface area contributed by atoms with E-state index in [4.69, 9.17) is 16.6 Å². The molecule has 3 nitrogen and oxygen atoms in total. The Hall–Kier alpha value is -2.34. The van der Waals surface area contributed by atoms with Gasteiger partial charge in [0.15, 0.2) is 0 Å².